The van der Waals surface area contributed by atoms with E-state index >= 15 is 0 Å². The van der Waals surface area contributed by atoms with Crippen molar-refractivity contribution in [2.24, 2.45) is 5.92 Å². The molecule has 0 aliphatic carbocycles. The molecule has 2 aromatic carbocycles. The maximum Gasteiger partial charge on any atom is 0.253 e. The van der Waals surface area contributed by atoms with Crippen LogP contribution in [-0.4, -0.2) is 54.9 Å². The summed E-state index contributed by atoms with van der Waals surface area (Å²) in [6.07, 6.45) is 0. The maximum atomic E-state index is 13.2. The van der Waals surface area contributed by atoms with Gasteiger partial charge in [0.2, 0.25) is 5.91 Å². The van der Waals surface area contributed by atoms with Gasteiger partial charge in [-0.05, 0) is 55.8 Å². The van der Waals surface area contributed by atoms with Gasteiger partial charge in [-0.15, -0.1) is 0 Å². The number of carbonyl (C=O) groups is 2. The highest BCUT2D eigenvalue weighted by Gasteiger charge is 2.41. The van der Waals surface area contributed by atoms with Crippen molar-refractivity contribution in [3.63, 3.8) is 0 Å². The van der Waals surface area contributed by atoms with Crippen molar-refractivity contribution in [3.8, 4) is 5.75 Å². The van der Waals surface area contributed by atoms with Gasteiger partial charge < -0.3 is 14.5 Å². The highest BCUT2D eigenvalue weighted by Crippen LogP contribution is 2.35. The summed E-state index contributed by atoms with van der Waals surface area (Å²) in [6.45, 7) is 5.98. The number of hydrogen-bond acceptors (Lipinski definition) is 3. The SMILES string of the molecule is CCN(CC)C(=O)C1CN(C(=O)c2ccc(F)cc2)CC1c1ccc(OC)cc1. The lowest BCUT2D eigenvalue weighted by Crippen LogP contribution is -2.39. The second-order valence-electron chi connectivity index (χ2n) is 7.21. The molecule has 3 rings (SSSR count). The Morgan fingerprint density at radius 2 is 1.66 bits per heavy atom. The van der Waals surface area contributed by atoms with Crippen molar-refractivity contribution in [1.82, 2.24) is 9.80 Å². The van der Waals surface area contributed by atoms with Crippen LogP contribution >= 0.6 is 0 Å². The molecule has 2 unspecified atom stereocenters. The predicted octanol–water partition coefficient (Wildman–Crippen LogP) is 3.56. The molecule has 1 heterocycles. The molecule has 1 saturated heterocycles. The smallest absolute Gasteiger partial charge is 0.253 e. The van der Waals surface area contributed by atoms with E-state index in [4.69, 9.17) is 4.74 Å². The molecule has 2 amide bonds. The van der Waals surface area contributed by atoms with Crippen LogP contribution in [0.25, 0.3) is 0 Å². The second-order valence-corrected chi connectivity index (χ2v) is 7.21. The van der Waals surface area contributed by atoms with Crippen LogP contribution in [0.15, 0.2) is 48.5 Å². The minimum atomic E-state index is -0.381. The zero-order valence-corrected chi connectivity index (χ0v) is 17.1. The summed E-state index contributed by atoms with van der Waals surface area (Å²) in [7, 11) is 1.61. The average Bonchev–Trinajstić information content (AvgIpc) is 3.20. The van der Waals surface area contributed by atoms with Crippen LogP contribution in [0, 0.1) is 11.7 Å². The van der Waals surface area contributed by atoms with Crippen molar-refractivity contribution in [3.05, 3.63) is 65.5 Å². The number of methoxy groups -OCH3 is 1. The Labute approximate surface area is 171 Å². The number of rotatable bonds is 6. The molecular formula is C23H27FN2O3. The van der Waals surface area contributed by atoms with Crippen LogP contribution in [0.2, 0.25) is 0 Å². The Hall–Kier alpha value is -2.89. The molecule has 2 atom stereocenters. The van der Waals surface area contributed by atoms with Gasteiger partial charge in [-0.2, -0.15) is 0 Å². The number of ether oxygens (including phenoxy) is 1. The summed E-state index contributed by atoms with van der Waals surface area (Å²) in [5.74, 6) is -0.166. The number of hydrogen-bond donors (Lipinski definition) is 0. The first kappa shape index (κ1) is 20.8. The van der Waals surface area contributed by atoms with E-state index in [1.807, 2.05) is 43.0 Å². The Kier molecular flexibility index (Phi) is 6.52. The van der Waals surface area contributed by atoms with E-state index in [9.17, 15) is 14.0 Å². The van der Waals surface area contributed by atoms with Gasteiger partial charge in [0.15, 0.2) is 0 Å². The lowest BCUT2D eigenvalue weighted by Gasteiger charge is -2.25. The summed E-state index contributed by atoms with van der Waals surface area (Å²) < 4.78 is 18.5. The molecule has 1 aliphatic heterocycles. The predicted molar refractivity (Wildman–Crippen MR) is 109 cm³/mol. The zero-order chi connectivity index (χ0) is 21.0. The van der Waals surface area contributed by atoms with Gasteiger partial charge in [0.1, 0.15) is 11.6 Å². The van der Waals surface area contributed by atoms with Gasteiger partial charge in [0, 0.05) is 37.7 Å². The van der Waals surface area contributed by atoms with Gasteiger partial charge in [0.25, 0.3) is 5.91 Å². The number of nitrogens with zero attached hydrogens (tertiary/aromatic N) is 2. The molecule has 1 aliphatic rings. The molecule has 2 aromatic rings. The van der Waals surface area contributed by atoms with E-state index in [-0.39, 0.29) is 29.5 Å². The minimum Gasteiger partial charge on any atom is -0.497 e. The quantitative estimate of drug-likeness (QED) is 0.748. The van der Waals surface area contributed by atoms with Crippen LogP contribution in [0.4, 0.5) is 4.39 Å². The minimum absolute atomic E-state index is 0.0604. The molecule has 0 bridgehead atoms. The van der Waals surface area contributed by atoms with Crippen LogP contribution in [0.1, 0.15) is 35.7 Å². The molecule has 29 heavy (non-hydrogen) atoms. The number of likely N-dealkylation sites (tertiary alicyclic amines) is 1. The van der Waals surface area contributed by atoms with Crippen molar-refractivity contribution < 1.29 is 18.7 Å². The fourth-order valence-electron chi connectivity index (χ4n) is 3.95. The molecule has 1 fully saturated rings. The monoisotopic (exact) mass is 398 g/mol. The van der Waals surface area contributed by atoms with Crippen molar-refractivity contribution in [2.75, 3.05) is 33.3 Å². The van der Waals surface area contributed by atoms with Crippen LogP contribution < -0.4 is 4.74 Å². The van der Waals surface area contributed by atoms with Gasteiger partial charge in [-0.1, -0.05) is 12.1 Å². The first-order valence-electron chi connectivity index (χ1n) is 9.96. The molecule has 0 spiro atoms. The van der Waals surface area contributed by atoms with E-state index in [0.29, 0.717) is 31.7 Å². The standard InChI is InChI=1S/C23H27FN2O3/c1-4-25(5-2)23(28)21-15-26(22(27)17-6-10-18(24)11-7-17)14-20(21)16-8-12-19(29-3)13-9-16/h6-13,20-21H,4-5,14-15H2,1-3H3. The maximum absolute atomic E-state index is 13.2. The van der Waals surface area contributed by atoms with E-state index < -0.39 is 0 Å². The molecule has 5 nitrogen and oxygen atoms in total. The molecule has 6 heteroatoms. The van der Waals surface area contributed by atoms with Crippen LogP contribution in [-0.2, 0) is 4.79 Å². The first-order valence-corrected chi connectivity index (χ1v) is 9.96. The number of halogens is 1. The fraction of sp³-hybridized carbons (Fsp3) is 0.391. The third-order valence-electron chi connectivity index (χ3n) is 5.63. The Morgan fingerprint density at radius 1 is 1.03 bits per heavy atom. The summed E-state index contributed by atoms with van der Waals surface area (Å²) in [6, 6.07) is 13.2. The number of amides is 2. The summed E-state index contributed by atoms with van der Waals surface area (Å²) in [4.78, 5) is 29.7. The molecule has 0 saturated carbocycles. The zero-order valence-electron chi connectivity index (χ0n) is 17.1. The van der Waals surface area contributed by atoms with Gasteiger partial charge in [-0.25, -0.2) is 4.39 Å². The van der Waals surface area contributed by atoms with Crippen LogP contribution in [0.3, 0.4) is 0 Å². The summed E-state index contributed by atoms with van der Waals surface area (Å²) in [5, 5.41) is 0. The largest absolute Gasteiger partial charge is 0.497 e. The third-order valence-corrected chi connectivity index (χ3v) is 5.63. The Morgan fingerprint density at radius 3 is 2.21 bits per heavy atom. The van der Waals surface area contributed by atoms with E-state index in [0.717, 1.165) is 11.3 Å². The molecule has 154 valence electrons. The van der Waals surface area contributed by atoms with Crippen molar-refractivity contribution >= 4 is 11.8 Å². The third kappa shape index (κ3) is 4.42. The lowest BCUT2D eigenvalue weighted by atomic mass is 9.88. The Bertz CT molecular complexity index is 847. The first-order chi connectivity index (χ1) is 14.0. The number of benzene rings is 2. The molecular weight excluding hydrogens is 371 g/mol. The fourth-order valence-corrected chi connectivity index (χ4v) is 3.95. The van der Waals surface area contributed by atoms with Crippen molar-refractivity contribution in [2.45, 2.75) is 19.8 Å². The van der Waals surface area contributed by atoms with Crippen molar-refractivity contribution in [1.29, 1.82) is 0 Å². The average molecular weight is 398 g/mol. The highest BCUT2D eigenvalue weighted by molar-refractivity contribution is 5.95. The van der Waals surface area contributed by atoms with Crippen LogP contribution in [0.5, 0.6) is 5.75 Å². The normalized spacial score (nSPS) is 18.6. The second kappa shape index (κ2) is 9.07. The lowest BCUT2D eigenvalue weighted by molar-refractivity contribution is -0.135. The summed E-state index contributed by atoms with van der Waals surface area (Å²) in [5.41, 5.74) is 1.43. The van der Waals surface area contributed by atoms with Gasteiger partial charge >= 0.3 is 0 Å². The van der Waals surface area contributed by atoms with Gasteiger partial charge in [0.05, 0.1) is 13.0 Å². The topological polar surface area (TPSA) is 49.9 Å². The van der Waals surface area contributed by atoms with E-state index in [1.165, 1.54) is 24.3 Å². The Balaban J connectivity index is 1.89. The molecule has 0 aromatic heterocycles. The molecule has 0 N–H and O–H groups in total. The molecule has 0 radical (unpaired) electrons. The van der Waals surface area contributed by atoms with E-state index in [1.54, 1.807) is 12.0 Å². The number of carbonyl (C=O) groups excluding carboxylic acids is 2. The van der Waals surface area contributed by atoms with E-state index in [2.05, 4.69) is 0 Å². The highest BCUT2D eigenvalue weighted by atomic mass is 19.1. The summed E-state index contributed by atoms with van der Waals surface area (Å²) >= 11 is 0. The van der Waals surface area contributed by atoms with Gasteiger partial charge in [-0.3, -0.25) is 9.59 Å².